The molecule has 0 unspecified atom stereocenters. The molecule has 2 N–H and O–H groups in total. The Balaban J connectivity index is 1.85. The van der Waals surface area contributed by atoms with Gasteiger partial charge in [0.25, 0.3) is 0 Å². The zero-order valence-electron chi connectivity index (χ0n) is 14.7. The highest BCUT2D eigenvalue weighted by Crippen LogP contribution is 2.22. The van der Waals surface area contributed by atoms with Gasteiger partial charge in [-0.15, -0.1) is 11.8 Å². The van der Waals surface area contributed by atoms with Crippen molar-refractivity contribution < 1.29 is 9.59 Å². The Morgan fingerprint density at radius 3 is 2.36 bits per heavy atom. The highest BCUT2D eigenvalue weighted by molar-refractivity contribution is 8.00. The van der Waals surface area contributed by atoms with Crippen LogP contribution in [0.5, 0.6) is 0 Å². The molecule has 2 aromatic carbocycles. The largest absolute Gasteiger partial charge is 0.326 e. The van der Waals surface area contributed by atoms with Crippen molar-refractivity contribution in [1.29, 1.82) is 0 Å². The number of hydrogen-bond donors (Lipinski definition) is 2. The van der Waals surface area contributed by atoms with Crippen molar-refractivity contribution in [3.63, 3.8) is 0 Å². The fourth-order valence-electron chi connectivity index (χ4n) is 2.29. The lowest BCUT2D eigenvalue weighted by molar-refractivity contribution is -0.116. The smallest absolute Gasteiger partial charge is 0.234 e. The summed E-state index contributed by atoms with van der Waals surface area (Å²) in [5.74, 6) is 0.301. The van der Waals surface area contributed by atoms with E-state index in [9.17, 15) is 9.59 Å². The summed E-state index contributed by atoms with van der Waals surface area (Å²) in [6.45, 7) is 4.05. The van der Waals surface area contributed by atoms with Crippen LogP contribution in [-0.2, 0) is 9.59 Å². The Labute approximate surface area is 153 Å². The number of carbonyl (C=O) groups excluding carboxylic acids is 2. The summed E-state index contributed by atoms with van der Waals surface area (Å²) < 4.78 is 0. The van der Waals surface area contributed by atoms with E-state index in [1.807, 2.05) is 55.5 Å². The third kappa shape index (κ3) is 7.01. The van der Waals surface area contributed by atoms with Gasteiger partial charge < -0.3 is 10.6 Å². The number of rotatable bonds is 8. The van der Waals surface area contributed by atoms with Crippen LogP contribution >= 0.6 is 11.8 Å². The summed E-state index contributed by atoms with van der Waals surface area (Å²) in [6.07, 6.45) is 2.42. The van der Waals surface area contributed by atoms with Crippen molar-refractivity contribution in [1.82, 2.24) is 0 Å². The van der Waals surface area contributed by atoms with E-state index in [2.05, 4.69) is 17.6 Å². The van der Waals surface area contributed by atoms with E-state index in [1.54, 1.807) is 0 Å². The standard InChI is InChI=1S/C20H24N2O2S/c1-3-4-11-19(23)21-17-9-6-10-18(13-17)25-14-20(24)22-16-8-5-7-15(2)12-16/h5-10,12-13H,3-4,11,14H2,1-2H3,(H,21,23)(H,22,24). The molecule has 5 heteroatoms. The second-order valence-electron chi connectivity index (χ2n) is 5.89. The summed E-state index contributed by atoms with van der Waals surface area (Å²) in [5, 5.41) is 5.79. The van der Waals surface area contributed by atoms with Gasteiger partial charge in [0.2, 0.25) is 11.8 Å². The van der Waals surface area contributed by atoms with Gasteiger partial charge >= 0.3 is 0 Å². The lowest BCUT2D eigenvalue weighted by Gasteiger charge is -2.08. The summed E-state index contributed by atoms with van der Waals surface area (Å²) in [5.41, 5.74) is 2.68. The molecule has 0 bridgehead atoms. The topological polar surface area (TPSA) is 58.2 Å². The zero-order valence-corrected chi connectivity index (χ0v) is 15.5. The highest BCUT2D eigenvalue weighted by Gasteiger charge is 2.06. The molecule has 0 heterocycles. The molecule has 4 nitrogen and oxygen atoms in total. The number of anilines is 2. The average molecular weight is 356 g/mol. The predicted molar refractivity (Wildman–Crippen MR) is 105 cm³/mol. The van der Waals surface area contributed by atoms with Gasteiger partial charge in [-0.25, -0.2) is 0 Å². The summed E-state index contributed by atoms with van der Waals surface area (Å²) in [7, 11) is 0. The van der Waals surface area contributed by atoms with Crippen LogP contribution < -0.4 is 10.6 Å². The summed E-state index contributed by atoms with van der Waals surface area (Å²) in [4.78, 5) is 24.8. The first-order valence-electron chi connectivity index (χ1n) is 8.46. The number of aryl methyl sites for hydroxylation is 1. The monoisotopic (exact) mass is 356 g/mol. The molecular weight excluding hydrogens is 332 g/mol. The van der Waals surface area contributed by atoms with Crippen LogP contribution in [0, 0.1) is 6.92 Å². The Bertz CT molecular complexity index is 731. The van der Waals surface area contributed by atoms with Crippen LogP contribution in [0.1, 0.15) is 31.7 Å². The molecule has 0 radical (unpaired) electrons. The predicted octanol–water partition coefficient (Wildman–Crippen LogP) is 4.85. The molecule has 0 aromatic heterocycles. The van der Waals surface area contributed by atoms with Crippen molar-refractivity contribution in [2.24, 2.45) is 0 Å². The minimum atomic E-state index is -0.0482. The van der Waals surface area contributed by atoms with Crippen molar-refractivity contribution in [2.75, 3.05) is 16.4 Å². The van der Waals surface area contributed by atoms with Gasteiger partial charge in [0.15, 0.2) is 0 Å². The Morgan fingerprint density at radius 2 is 1.64 bits per heavy atom. The molecule has 0 fully saturated rings. The molecule has 0 aliphatic carbocycles. The Hall–Kier alpha value is -2.27. The van der Waals surface area contributed by atoms with E-state index < -0.39 is 0 Å². The second-order valence-corrected chi connectivity index (χ2v) is 6.93. The molecule has 0 atom stereocenters. The van der Waals surface area contributed by atoms with Gasteiger partial charge in [-0.05, 0) is 49.2 Å². The fourth-order valence-corrected chi connectivity index (χ4v) is 3.05. The molecule has 0 saturated heterocycles. The quantitative estimate of drug-likeness (QED) is 0.665. The number of nitrogens with one attached hydrogen (secondary N) is 2. The van der Waals surface area contributed by atoms with E-state index >= 15 is 0 Å². The molecule has 2 rings (SSSR count). The van der Waals surface area contributed by atoms with Crippen LogP contribution in [0.15, 0.2) is 53.4 Å². The molecule has 2 aromatic rings. The highest BCUT2D eigenvalue weighted by atomic mass is 32.2. The molecule has 0 spiro atoms. The number of unbranched alkanes of at least 4 members (excludes halogenated alkanes) is 1. The number of hydrogen-bond acceptors (Lipinski definition) is 3. The van der Waals surface area contributed by atoms with Gasteiger partial charge in [0.05, 0.1) is 5.75 Å². The number of carbonyl (C=O) groups is 2. The van der Waals surface area contributed by atoms with E-state index in [1.165, 1.54) is 11.8 Å². The van der Waals surface area contributed by atoms with Gasteiger partial charge in [-0.1, -0.05) is 31.5 Å². The minimum absolute atomic E-state index is 0.0289. The number of thioether (sulfide) groups is 1. The molecular formula is C20H24N2O2S. The summed E-state index contributed by atoms with van der Waals surface area (Å²) >= 11 is 1.45. The van der Waals surface area contributed by atoms with Gasteiger partial charge in [-0.3, -0.25) is 9.59 Å². The van der Waals surface area contributed by atoms with Crippen molar-refractivity contribution >= 4 is 35.0 Å². The van der Waals surface area contributed by atoms with Crippen molar-refractivity contribution in [3.05, 3.63) is 54.1 Å². The molecule has 0 aliphatic rings. The van der Waals surface area contributed by atoms with Gasteiger partial charge in [-0.2, -0.15) is 0 Å². The first kappa shape index (κ1) is 19.1. The van der Waals surface area contributed by atoms with Crippen molar-refractivity contribution in [3.8, 4) is 0 Å². The normalized spacial score (nSPS) is 10.3. The first-order chi connectivity index (χ1) is 12.1. The van der Waals surface area contributed by atoms with Gasteiger partial charge in [0.1, 0.15) is 0 Å². The minimum Gasteiger partial charge on any atom is -0.326 e. The second kappa shape index (κ2) is 9.89. The molecule has 25 heavy (non-hydrogen) atoms. The lowest BCUT2D eigenvalue weighted by atomic mass is 10.2. The van der Waals surface area contributed by atoms with E-state index in [0.29, 0.717) is 12.2 Å². The summed E-state index contributed by atoms with van der Waals surface area (Å²) in [6, 6.07) is 15.3. The van der Waals surface area contributed by atoms with Crippen LogP contribution in [-0.4, -0.2) is 17.6 Å². The number of benzene rings is 2. The molecule has 0 saturated carbocycles. The lowest BCUT2D eigenvalue weighted by Crippen LogP contribution is -2.14. The van der Waals surface area contributed by atoms with Crippen LogP contribution in [0.25, 0.3) is 0 Å². The van der Waals surface area contributed by atoms with Crippen molar-refractivity contribution in [2.45, 2.75) is 38.0 Å². The molecule has 0 aliphatic heterocycles. The van der Waals surface area contributed by atoms with Crippen LogP contribution in [0.3, 0.4) is 0 Å². The maximum atomic E-state index is 12.1. The molecule has 2 amide bonds. The third-order valence-corrected chi connectivity index (χ3v) is 4.54. The maximum absolute atomic E-state index is 12.1. The number of amides is 2. The average Bonchev–Trinajstić information content (AvgIpc) is 2.58. The SMILES string of the molecule is CCCCC(=O)Nc1cccc(SCC(=O)Nc2cccc(C)c2)c1. The zero-order chi connectivity index (χ0) is 18.1. The Kier molecular flexibility index (Phi) is 7.54. The van der Waals surface area contributed by atoms with E-state index in [-0.39, 0.29) is 11.8 Å². The molecule has 132 valence electrons. The Morgan fingerprint density at radius 1 is 0.960 bits per heavy atom. The first-order valence-corrected chi connectivity index (χ1v) is 9.44. The third-order valence-electron chi connectivity index (χ3n) is 3.55. The van der Waals surface area contributed by atoms with Crippen LogP contribution in [0.2, 0.25) is 0 Å². The maximum Gasteiger partial charge on any atom is 0.234 e. The van der Waals surface area contributed by atoms with Gasteiger partial charge in [0, 0.05) is 22.7 Å². The fraction of sp³-hybridized carbons (Fsp3) is 0.300. The van der Waals surface area contributed by atoms with E-state index in [0.717, 1.165) is 34.7 Å². The van der Waals surface area contributed by atoms with Crippen LogP contribution in [0.4, 0.5) is 11.4 Å². The van der Waals surface area contributed by atoms with E-state index in [4.69, 9.17) is 0 Å².